The average Bonchev–Trinajstić information content (AvgIpc) is 3.34. The van der Waals surface area contributed by atoms with Crippen molar-refractivity contribution in [3.05, 3.63) is 42.6 Å². The van der Waals surface area contributed by atoms with Gasteiger partial charge in [0.1, 0.15) is 23.5 Å². The summed E-state index contributed by atoms with van der Waals surface area (Å²) in [4.78, 5) is 45.8. The predicted molar refractivity (Wildman–Crippen MR) is 151 cm³/mol. The van der Waals surface area contributed by atoms with Gasteiger partial charge in [-0.3, -0.25) is 14.5 Å². The van der Waals surface area contributed by atoms with Crippen LogP contribution in [0.4, 0.5) is 10.6 Å². The van der Waals surface area contributed by atoms with Gasteiger partial charge in [0.15, 0.2) is 0 Å². The number of carbonyl (C=O) groups is 3. The largest absolute Gasteiger partial charge is 0.444 e. The third-order valence-corrected chi connectivity index (χ3v) is 9.20. The summed E-state index contributed by atoms with van der Waals surface area (Å²) in [7, 11) is 0. The third-order valence-electron chi connectivity index (χ3n) is 5.93. The van der Waals surface area contributed by atoms with E-state index in [1.807, 2.05) is 19.1 Å². The van der Waals surface area contributed by atoms with E-state index in [1.165, 1.54) is 4.90 Å². The lowest BCUT2D eigenvalue weighted by molar-refractivity contribution is -0.131. The predicted octanol–water partition coefficient (Wildman–Crippen LogP) is 4.55. The van der Waals surface area contributed by atoms with Crippen LogP contribution >= 0.6 is 43.2 Å². The first-order valence-corrected chi connectivity index (χ1v) is 14.4. The molecule has 9 nitrogen and oxygen atoms in total. The minimum atomic E-state index is -0.793. The first-order chi connectivity index (χ1) is 17.2. The summed E-state index contributed by atoms with van der Waals surface area (Å²) in [6.45, 7) is 9.46. The number of rotatable bonds is 7. The highest BCUT2D eigenvalue weighted by atomic mass is 79.9. The van der Waals surface area contributed by atoms with Crippen LogP contribution in [0.25, 0.3) is 0 Å². The summed E-state index contributed by atoms with van der Waals surface area (Å²) >= 11 is 8.65. The van der Waals surface area contributed by atoms with E-state index in [0.717, 1.165) is 30.8 Å². The molecule has 0 bridgehead atoms. The molecule has 0 aliphatic carbocycles. The van der Waals surface area contributed by atoms with Crippen LogP contribution in [0.5, 0.6) is 0 Å². The Bertz CT molecular complexity index is 1150. The van der Waals surface area contributed by atoms with Crippen LogP contribution in [0.2, 0.25) is 0 Å². The molecule has 1 fully saturated rings. The van der Waals surface area contributed by atoms with Crippen molar-refractivity contribution in [1.29, 1.82) is 0 Å². The number of amides is 3. The zero-order chi connectivity index (χ0) is 27.5. The van der Waals surface area contributed by atoms with Crippen LogP contribution in [0.3, 0.4) is 0 Å². The highest BCUT2D eigenvalue weighted by Crippen LogP contribution is 2.36. The molecule has 12 heteroatoms. The number of thiophene rings is 1. The Morgan fingerprint density at radius 2 is 2.00 bits per heavy atom. The van der Waals surface area contributed by atoms with Gasteiger partial charge in [0.25, 0.3) is 0 Å². The molecule has 202 valence electrons. The van der Waals surface area contributed by atoms with E-state index in [4.69, 9.17) is 10.5 Å². The van der Waals surface area contributed by atoms with Gasteiger partial charge in [-0.05, 0) is 103 Å². The van der Waals surface area contributed by atoms with Gasteiger partial charge in [-0.25, -0.2) is 9.78 Å². The van der Waals surface area contributed by atoms with E-state index >= 15 is 0 Å². The monoisotopic (exact) mass is 657 g/mol. The highest BCUT2D eigenvalue weighted by molar-refractivity contribution is 9.13. The maximum absolute atomic E-state index is 13.3. The second-order valence-electron chi connectivity index (χ2n) is 10.2. The van der Waals surface area contributed by atoms with Gasteiger partial charge in [0.2, 0.25) is 11.8 Å². The number of carbonyl (C=O) groups excluding carboxylic acids is 3. The molecule has 0 aromatic carbocycles. The Kier molecular flexibility index (Phi) is 9.62. The van der Waals surface area contributed by atoms with Crippen molar-refractivity contribution in [2.45, 2.75) is 71.7 Å². The van der Waals surface area contributed by atoms with Crippen molar-refractivity contribution in [3.8, 4) is 0 Å². The van der Waals surface area contributed by atoms with E-state index in [0.29, 0.717) is 18.8 Å². The number of hydrogen-bond donors (Lipinski definition) is 3. The van der Waals surface area contributed by atoms with E-state index in [-0.39, 0.29) is 24.3 Å². The second kappa shape index (κ2) is 12.1. The summed E-state index contributed by atoms with van der Waals surface area (Å²) < 4.78 is 7.57. The Morgan fingerprint density at radius 1 is 1.30 bits per heavy atom. The van der Waals surface area contributed by atoms with Gasteiger partial charge in [-0.15, -0.1) is 11.3 Å². The topological polar surface area (TPSA) is 127 Å². The number of likely N-dealkylation sites (tertiary alicyclic amines) is 1. The van der Waals surface area contributed by atoms with Crippen molar-refractivity contribution in [1.82, 2.24) is 20.5 Å². The number of halogens is 2. The minimum absolute atomic E-state index is 0.0749. The average molecular weight is 659 g/mol. The van der Waals surface area contributed by atoms with Crippen LogP contribution in [-0.2, 0) is 27.3 Å². The third kappa shape index (κ3) is 8.15. The molecule has 0 saturated carbocycles. The minimum Gasteiger partial charge on any atom is -0.444 e. The number of aryl methyl sites for hydroxylation is 1. The van der Waals surface area contributed by atoms with Crippen molar-refractivity contribution in [2.75, 3.05) is 12.3 Å². The van der Waals surface area contributed by atoms with E-state index in [2.05, 4.69) is 47.5 Å². The normalized spacial score (nSPS) is 18.4. The molecule has 1 aliphatic heterocycles. The molecule has 1 aliphatic rings. The molecule has 0 spiro atoms. The molecular formula is C25H33Br2N5O4S. The van der Waals surface area contributed by atoms with Gasteiger partial charge in [0.05, 0.1) is 3.79 Å². The molecule has 1 unspecified atom stereocenters. The number of nitrogens with two attached hydrogens (primary N) is 1. The van der Waals surface area contributed by atoms with Crippen LogP contribution in [0.1, 0.15) is 50.3 Å². The summed E-state index contributed by atoms with van der Waals surface area (Å²) in [6, 6.07) is 4.01. The SMILES string of the molecule is Cc1nc(N)ccc1CNC(=O)C(C)NC(=O)[C@H]1C[C@H](Cc2cc(Br)c(Br)s2)CN1C(=O)OC(C)(C)C. The lowest BCUT2D eigenvalue weighted by Gasteiger charge is -2.28. The van der Waals surface area contributed by atoms with Gasteiger partial charge < -0.3 is 21.1 Å². The molecule has 3 amide bonds. The Hall–Kier alpha value is -2.18. The second-order valence-corrected chi connectivity index (χ2v) is 13.5. The Morgan fingerprint density at radius 3 is 2.59 bits per heavy atom. The molecule has 0 radical (unpaired) electrons. The number of nitrogen functional groups attached to an aromatic ring is 1. The molecule has 2 aromatic rings. The Balaban J connectivity index is 1.65. The molecule has 3 rings (SSSR count). The molecule has 3 atom stereocenters. The summed E-state index contributed by atoms with van der Waals surface area (Å²) in [5.74, 6) is -0.228. The molecular weight excluding hydrogens is 626 g/mol. The molecule has 2 aromatic heterocycles. The smallest absolute Gasteiger partial charge is 0.410 e. The van der Waals surface area contributed by atoms with E-state index in [1.54, 1.807) is 45.1 Å². The standard InChI is InChI=1S/C25H33Br2N5O4S/c1-13-16(6-7-20(28)30-13)11-29-22(33)14(2)31-23(34)19-9-15(8-17-10-18(26)21(27)37-17)12-32(19)24(35)36-25(3,4)5/h6-7,10,14-15,19H,8-9,11-12H2,1-5H3,(H2,28,30)(H,29,33)(H,31,34)/t14?,15-,19+/m0/s1. The number of aromatic nitrogens is 1. The summed E-state index contributed by atoms with van der Waals surface area (Å²) in [6.07, 6.45) is 0.665. The fourth-order valence-corrected chi connectivity index (χ4v) is 6.42. The molecule has 3 heterocycles. The first-order valence-electron chi connectivity index (χ1n) is 12.0. The van der Waals surface area contributed by atoms with E-state index in [9.17, 15) is 14.4 Å². The van der Waals surface area contributed by atoms with Crippen LogP contribution in [0, 0.1) is 12.8 Å². The van der Waals surface area contributed by atoms with Gasteiger partial charge in [-0.1, -0.05) is 6.07 Å². The maximum atomic E-state index is 13.3. The Labute approximate surface area is 238 Å². The van der Waals surface area contributed by atoms with Crippen molar-refractivity contribution in [3.63, 3.8) is 0 Å². The summed E-state index contributed by atoms with van der Waals surface area (Å²) in [5, 5.41) is 5.60. The van der Waals surface area contributed by atoms with Gasteiger partial charge in [-0.2, -0.15) is 0 Å². The van der Waals surface area contributed by atoms with Gasteiger partial charge in [0, 0.05) is 28.1 Å². The number of anilines is 1. The number of hydrogen-bond acceptors (Lipinski definition) is 7. The summed E-state index contributed by atoms with van der Waals surface area (Å²) in [5.41, 5.74) is 6.56. The quantitative estimate of drug-likeness (QED) is 0.401. The zero-order valence-corrected chi connectivity index (χ0v) is 25.5. The van der Waals surface area contributed by atoms with Crippen LogP contribution in [0.15, 0.2) is 26.5 Å². The number of nitrogens with zero attached hydrogens (tertiary/aromatic N) is 2. The molecule has 1 saturated heterocycles. The molecule has 4 N–H and O–H groups in total. The fourth-order valence-electron chi connectivity index (χ4n) is 4.12. The van der Waals surface area contributed by atoms with E-state index < -0.39 is 23.8 Å². The van der Waals surface area contributed by atoms with Crippen molar-refractivity contribution in [2.24, 2.45) is 5.92 Å². The first kappa shape index (κ1) is 29.4. The van der Waals surface area contributed by atoms with Crippen LogP contribution < -0.4 is 16.4 Å². The lowest BCUT2D eigenvalue weighted by atomic mass is 10.0. The van der Waals surface area contributed by atoms with Crippen molar-refractivity contribution >= 4 is 66.9 Å². The molecule has 37 heavy (non-hydrogen) atoms. The number of ether oxygens (including phenoxy) is 1. The zero-order valence-electron chi connectivity index (χ0n) is 21.6. The fraction of sp³-hybridized carbons (Fsp3) is 0.520. The van der Waals surface area contributed by atoms with Crippen molar-refractivity contribution < 1.29 is 19.1 Å². The highest BCUT2D eigenvalue weighted by Gasteiger charge is 2.42. The van der Waals surface area contributed by atoms with Gasteiger partial charge >= 0.3 is 6.09 Å². The van der Waals surface area contributed by atoms with Crippen LogP contribution in [-0.4, -0.2) is 52.0 Å². The number of nitrogens with one attached hydrogen (secondary N) is 2. The lowest BCUT2D eigenvalue weighted by Crippen LogP contribution is -2.52. The maximum Gasteiger partial charge on any atom is 0.410 e. The number of pyridine rings is 1.